The molecule has 1 aromatic carbocycles. The maximum absolute atomic E-state index is 13.0. The van der Waals surface area contributed by atoms with Gasteiger partial charge in [-0.2, -0.15) is 0 Å². The second-order valence-corrected chi connectivity index (χ2v) is 9.49. The minimum absolute atomic E-state index is 0.333. The molecule has 160 valence electrons. The lowest BCUT2D eigenvalue weighted by molar-refractivity contribution is 0.192. The van der Waals surface area contributed by atoms with Crippen molar-refractivity contribution in [2.24, 2.45) is 14.1 Å². The molecule has 1 aliphatic heterocycles. The number of aryl methyl sites for hydroxylation is 2. The summed E-state index contributed by atoms with van der Waals surface area (Å²) < 4.78 is 17.7. The normalized spacial score (nSPS) is 15.8. The molecule has 1 fully saturated rings. The van der Waals surface area contributed by atoms with Crippen LogP contribution >= 0.6 is 21.5 Å². The fourth-order valence-electron chi connectivity index (χ4n) is 3.93. The number of fused-ring (bicyclic) bond motifs is 1. The molecule has 10 heteroatoms. The van der Waals surface area contributed by atoms with E-state index in [1.54, 1.807) is 7.05 Å². The van der Waals surface area contributed by atoms with Crippen LogP contribution in [0.15, 0.2) is 33.9 Å². The summed E-state index contributed by atoms with van der Waals surface area (Å²) in [6.07, 6.45) is 0. The Morgan fingerprint density at radius 3 is 2.43 bits per heavy atom. The zero-order valence-corrected chi connectivity index (χ0v) is 19.5. The van der Waals surface area contributed by atoms with E-state index < -0.39 is 21.5 Å². The van der Waals surface area contributed by atoms with Gasteiger partial charge in [0.2, 0.25) is 21.5 Å². The number of imidazole rings is 1. The van der Waals surface area contributed by atoms with Crippen LogP contribution in [0, 0.1) is 6.92 Å². The van der Waals surface area contributed by atoms with Gasteiger partial charge in [-0.25, -0.2) is 12.9 Å². The van der Waals surface area contributed by atoms with E-state index in [2.05, 4.69) is 11.0 Å². The van der Waals surface area contributed by atoms with E-state index in [0.29, 0.717) is 24.3 Å². The Morgan fingerprint density at radius 2 is 1.77 bits per heavy atom. The molecular weight excluding hydrogens is 499 g/mol. The van der Waals surface area contributed by atoms with E-state index in [1.165, 1.54) is 11.6 Å². The fourth-order valence-corrected chi connectivity index (χ4v) is 4.75. The molecule has 0 saturated carbocycles. The summed E-state index contributed by atoms with van der Waals surface area (Å²) in [5, 5.41) is 0. The first-order valence-electron chi connectivity index (χ1n) is 9.84. The molecule has 2 aromatic heterocycles. The molecular formula is C20H25IN6O3. The van der Waals surface area contributed by atoms with Crippen molar-refractivity contribution in [2.75, 3.05) is 26.2 Å². The maximum Gasteiger partial charge on any atom is 0.332 e. The summed E-state index contributed by atoms with van der Waals surface area (Å²) in [5.41, 5.74) is 2.37. The Hall–Kier alpha value is -2.18. The number of hydrogen-bond donors (Lipinski definition) is 0. The van der Waals surface area contributed by atoms with Crippen LogP contribution in [0.3, 0.4) is 0 Å². The summed E-state index contributed by atoms with van der Waals surface area (Å²) in [7, 11) is 3.15. The van der Waals surface area contributed by atoms with Crippen molar-refractivity contribution in [1.82, 2.24) is 26.7 Å². The Bertz CT molecular complexity index is 1220. The zero-order chi connectivity index (χ0) is 21.4. The zero-order valence-electron chi connectivity index (χ0n) is 17.3. The summed E-state index contributed by atoms with van der Waals surface area (Å²) >= 11 is -1.12. The highest BCUT2D eigenvalue weighted by atomic mass is 127. The van der Waals surface area contributed by atoms with Gasteiger partial charge in [-0.1, -0.05) is 29.8 Å². The van der Waals surface area contributed by atoms with Crippen molar-refractivity contribution in [2.45, 2.75) is 20.0 Å². The van der Waals surface area contributed by atoms with Gasteiger partial charge in [-0.3, -0.25) is 21.9 Å². The third kappa shape index (κ3) is 3.91. The average molecular weight is 524 g/mol. The summed E-state index contributed by atoms with van der Waals surface area (Å²) in [4.78, 5) is 32.4. The second-order valence-electron chi connectivity index (χ2n) is 7.74. The van der Waals surface area contributed by atoms with Crippen LogP contribution in [0.2, 0.25) is 0 Å². The Morgan fingerprint density at radius 1 is 1.03 bits per heavy atom. The van der Waals surface area contributed by atoms with Crippen molar-refractivity contribution >= 4 is 32.6 Å². The highest BCUT2D eigenvalue weighted by molar-refractivity contribution is 14.1. The predicted octanol–water partition coefficient (Wildman–Crippen LogP) is 1.14. The van der Waals surface area contributed by atoms with Gasteiger partial charge < -0.3 is 4.57 Å². The molecule has 0 atom stereocenters. The van der Waals surface area contributed by atoms with Crippen molar-refractivity contribution in [1.29, 1.82) is 0 Å². The number of nitrogens with zero attached hydrogens (tertiary/aromatic N) is 6. The molecule has 0 bridgehead atoms. The molecule has 0 spiro atoms. The smallest absolute Gasteiger partial charge is 0.317 e. The van der Waals surface area contributed by atoms with Crippen molar-refractivity contribution in [3.05, 3.63) is 62.1 Å². The summed E-state index contributed by atoms with van der Waals surface area (Å²) in [6.45, 7) is 6.26. The lowest BCUT2D eigenvalue weighted by Gasteiger charge is -2.30. The molecule has 30 heavy (non-hydrogen) atoms. The van der Waals surface area contributed by atoms with Gasteiger partial charge in [0.05, 0.1) is 6.54 Å². The third-order valence-corrected chi connectivity index (χ3v) is 7.15. The van der Waals surface area contributed by atoms with Crippen molar-refractivity contribution in [3.8, 4) is 0 Å². The molecule has 1 aliphatic rings. The van der Waals surface area contributed by atoms with Crippen LogP contribution in [0.5, 0.6) is 0 Å². The van der Waals surface area contributed by atoms with Gasteiger partial charge in [-0.15, -0.1) is 0 Å². The Kier molecular flexibility index (Phi) is 5.98. The maximum atomic E-state index is 13.0. The highest BCUT2D eigenvalue weighted by Crippen LogP contribution is 2.18. The van der Waals surface area contributed by atoms with Gasteiger partial charge in [-0.05, 0) is 12.5 Å². The Balaban J connectivity index is 1.81. The molecule has 9 nitrogen and oxygen atoms in total. The van der Waals surface area contributed by atoms with Gasteiger partial charge in [0.15, 0.2) is 11.2 Å². The van der Waals surface area contributed by atoms with Crippen LogP contribution in [-0.2, 0) is 30.3 Å². The minimum Gasteiger partial charge on any atom is -0.317 e. The molecule has 1 saturated heterocycles. The van der Waals surface area contributed by atoms with Crippen LogP contribution in [0.25, 0.3) is 11.2 Å². The average Bonchev–Trinajstić information content (AvgIpc) is 3.09. The quantitative estimate of drug-likeness (QED) is 0.368. The van der Waals surface area contributed by atoms with Gasteiger partial charge in [0, 0.05) is 46.8 Å². The topological polar surface area (TPSA) is 85.4 Å². The molecule has 0 aliphatic carbocycles. The largest absolute Gasteiger partial charge is 0.332 e. The molecule has 0 N–H and O–H groups in total. The van der Waals surface area contributed by atoms with E-state index in [1.807, 2.05) is 32.8 Å². The molecule has 0 unspecified atom stereocenters. The van der Waals surface area contributed by atoms with E-state index in [-0.39, 0.29) is 11.2 Å². The molecule has 3 aromatic rings. The van der Waals surface area contributed by atoms with Crippen LogP contribution in [0.1, 0.15) is 17.0 Å². The van der Waals surface area contributed by atoms with Crippen LogP contribution in [-0.4, -0.2) is 52.9 Å². The molecule has 0 amide bonds. The second kappa shape index (κ2) is 8.52. The number of halogens is 1. The first-order valence-corrected chi connectivity index (χ1v) is 11.7. The molecule has 0 radical (unpaired) electrons. The van der Waals surface area contributed by atoms with Crippen LogP contribution < -0.4 is 11.2 Å². The minimum atomic E-state index is -1.12. The Labute approximate surface area is 184 Å². The lowest BCUT2D eigenvalue weighted by Crippen LogP contribution is -2.42. The first kappa shape index (κ1) is 21.1. The SMILES string of the molecule is Cc1cccc(Cn2c(CN3CCN(I=O)CC3)nc3c2c(=O)n(C)c(=O)n3C)c1. The molecule has 4 rings (SSSR count). The van der Waals surface area contributed by atoms with E-state index in [9.17, 15) is 12.7 Å². The fraction of sp³-hybridized carbons (Fsp3) is 0.450. The number of rotatable bonds is 5. The van der Waals surface area contributed by atoms with Gasteiger partial charge >= 0.3 is 5.69 Å². The highest BCUT2D eigenvalue weighted by Gasteiger charge is 2.23. The predicted molar refractivity (Wildman–Crippen MR) is 122 cm³/mol. The van der Waals surface area contributed by atoms with Crippen LogP contribution in [0.4, 0.5) is 0 Å². The summed E-state index contributed by atoms with van der Waals surface area (Å²) in [6, 6.07) is 8.17. The van der Waals surface area contributed by atoms with Gasteiger partial charge in [0.1, 0.15) is 5.82 Å². The monoisotopic (exact) mass is 524 g/mol. The number of benzene rings is 1. The number of piperazine rings is 1. The molecule has 3 heterocycles. The number of hydrogen-bond acceptors (Lipinski definition) is 5. The standard InChI is InChI=1S/C20H25IN6O3/c1-14-5-4-6-15(11-14)12-27-16(13-25-7-9-26(21-30)10-8-25)22-18-17(27)19(28)24(3)20(29)23(18)2/h4-6,11H,7-10,12-13H2,1-3H3. The van der Waals surface area contributed by atoms with Gasteiger partial charge in [0.25, 0.3) is 5.56 Å². The van der Waals surface area contributed by atoms with E-state index >= 15 is 0 Å². The number of aromatic nitrogens is 4. The van der Waals surface area contributed by atoms with E-state index in [0.717, 1.165) is 47.7 Å². The van der Waals surface area contributed by atoms with E-state index in [4.69, 9.17) is 4.98 Å². The first-order chi connectivity index (χ1) is 14.4. The van der Waals surface area contributed by atoms with Crippen molar-refractivity contribution in [3.63, 3.8) is 0 Å². The third-order valence-electron chi connectivity index (χ3n) is 5.63. The summed E-state index contributed by atoms with van der Waals surface area (Å²) in [5.74, 6) is 0.759. The lowest BCUT2D eigenvalue weighted by atomic mass is 10.1. The van der Waals surface area contributed by atoms with Crippen molar-refractivity contribution < 1.29 is 3.07 Å².